The van der Waals surface area contributed by atoms with Crippen LogP contribution < -0.4 is 5.56 Å². The molecule has 1 atom stereocenters. The third-order valence-electron chi connectivity index (χ3n) is 2.52. The standard InChI is InChI=1S/C10H10F3N3O3S2/c1-19-4-3-16-7(17)5-6(15-8(16)10(11,12)13)20-9(14-5)21(2)18/h3-4H2,1-2H3. The number of ether oxygens (including phenoxy) is 1. The molecule has 0 amide bonds. The highest BCUT2D eigenvalue weighted by Gasteiger charge is 2.38. The molecule has 1 unspecified atom stereocenters. The molecule has 0 N–H and O–H groups in total. The van der Waals surface area contributed by atoms with Gasteiger partial charge in [-0.3, -0.25) is 9.36 Å². The third kappa shape index (κ3) is 3.20. The van der Waals surface area contributed by atoms with Crippen molar-refractivity contribution in [3.63, 3.8) is 0 Å². The lowest BCUT2D eigenvalue weighted by Gasteiger charge is -2.13. The van der Waals surface area contributed by atoms with Gasteiger partial charge in [-0.25, -0.2) is 4.98 Å². The Balaban J connectivity index is 2.72. The Morgan fingerprint density at radius 3 is 2.62 bits per heavy atom. The van der Waals surface area contributed by atoms with Crippen LogP contribution in [0.1, 0.15) is 5.82 Å². The SMILES string of the molecule is COCCn1c(C(F)(F)F)nc2sc([S+](C)[O-])nc2c1=O. The summed E-state index contributed by atoms with van der Waals surface area (Å²) in [6, 6.07) is 0. The normalized spacial score (nSPS) is 13.8. The largest absolute Gasteiger partial charge is 0.610 e. The van der Waals surface area contributed by atoms with Crippen molar-refractivity contribution in [2.24, 2.45) is 0 Å². The summed E-state index contributed by atoms with van der Waals surface area (Å²) in [6.07, 6.45) is -3.46. The van der Waals surface area contributed by atoms with Gasteiger partial charge in [0.25, 0.3) is 5.56 Å². The van der Waals surface area contributed by atoms with Crippen LogP contribution in [0.25, 0.3) is 10.3 Å². The highest BCUT2D eigenvalue weighted by atomic mass is 32.2. The second-order valence-electron chi connectivity index (χ2n) is 3.97. The van der Waals surface area contributed by atoms with Gasteiger partial charge >= 0.3 is 10.5 Å². The van der Waals surface area contributed by atoms with Crippen LogP contribution in [-0.2, 0) is 28.6 Å². The smallest absolute Gasteiger partial charge is 0.449 e. The van der Waals surface area contributed by atoms with Crippen LogP contribution in [0, 0.1) is 0 Å². The average Bonchev–Trinajstić information content (AvgIpc) is 2.81. The number of rotatable bonds is 4. The summed E-state index contributed by atoms with van der Waals surface area (Å²) in [4.78, 5) is 19.3. The van der Waals surface area contributed by atoms with Crippen LogP contribution in [-0.4, -0.2) is 39.1 Å². The van der Waals surface area contributed by atoms with Crippen LogP contribution in [0.5, 0.6) is 0 Å². The first-order valence-corrected chi connectivity index (χ1v) is 7.94. The van der Waals surface area contributed by atoms with Crippen molar-refractivity contribution >= 4 is 32.9 Å². The minimum atomic E-state index is -4.78. The van der Waals surface area contributed by atoms with Crippen molar-refractivity contribution in [2.75, 3.05) is 20.0 Å². The summed E-state index contributed by atoms with van der Waals surface area (Å²) in [5, 5.41) is 0. The number of hydrogen-bond donors (Lipinski definition) is 0. The summed E-state index contributed by atoms with van der Waals surface area (Å²) in [7, 11) is 1.31. The van der Waals surface area contributed by atoms with Gasteiger partial charge in [-0.15, -0.1) is 0 Å². The van der Waals surface area contributed by atoms with Crippen molar-refractivity contribution in [3.05, 3.63) is 16.2 Å². The molecule has 2 rings (SSSR count). The zero-order chi connectivity index (χ0) is 15.8. The maximum atomic E-state index is 13.0. The van der Waals surface area contributed by atoms with Crippen LogP contribution in [0.15, 0.2) is 9.13 Å². The maximum Gasteiger partial charge on any atom is 0.449 e. The van der Waals surface area contributed by atoms with Gasteiger partial charge in [0, 0.05) is 18.3 Å². The van der Waals surface area contributed by atoms with Gasteiger partial charge in [0.15, 0.2) is 10.3 Å². The molecule has 0 aliphatic heterocycles. The second kappa shape index (κ2) is 5.91. The van der Waals surface area contributed by atoms with Crippen molar-refractivity contribution < 1.29 is 22.5 Å². The van der Waals surface area contributed by atoms with E-state index in [1.165, 1.54) is 13.4 Å². The zero-order valence-electron chi connectivity index (χ0n) is 10.9. The molecule has 21 heavy (non-hydrogen) atoms. The molecule has 2 heterocycles. The molecule has 0 saturated carbocycles. The van der Waals surface area contributed by atoms with Gasteiger partial charge in [0.1, 0.15) is 6.26 Å². The number of methoxy groups -OCH3 is 1. The first-order chi connectivity index (χ1) is 9.75. The van der Waals surface area contributed by atoms with E-state index in [0.717, 1.165) is 0 Å². The van der Waals surface area contributed by atoms with Crippen LogP contribution in [0.3, 0.4) is 0 Å². The van der Waals surface area contributed by atoms with E-state index in [4.69, 9.17) is 4.74 Å². The first kappa shape index (κ1) is 16.2. The van der Waals surface area contributed by atoms with E-state index in [1.54, 1.807) is 0 Å². The molecular weight excluding hydrogens is 331 g/mol. The minimum absolute atomic E-state index is 0.0622. The predicted octanol–water partition coefficient (Wildman–Crippen LogP) is 1.26. The fourth-order valence-corrected chi connectivity index (χ4v) is 3.21. The molecule has 0 aromatic carbocycles. The van der Waals surface area contributed by atoms with Crippen LogP contribution in [0.2, 0.25) is 0 Å². The molecule has 0 radical (unpaired) electrons. The van der Waals surface area contributed by atoms with Gasteiger partial charge < -0.3 is 9.29 Å². The molecule has 0 fully saturated rings. The van der Waals surface area contributed by atoms with Crippen molar-refractivity contribution in [3.8, 4) is 0 Å². The monoisotopic (exact) mass is 341 g/mol. The Kier molecular flexibility index (Phi) is 4.56. The molecule has 6 nitrogen and oxygen atoms in total. The second-order valence-corrected chi connectivity index (χ2v) is 6.50. The van der Waals surface area contributed by atoms with Crippen LogP contribution in [0.4, 0.5) is 13.2 Å². The highest BCUT2D eigenvalue weighted by molar-refractivity contribution is 7.92. The fourth-order valence-electron chi connectivity index (χ4n) is 1.62. The van der Waals surface area contributed by atoms with E-state index in [1.807, 2.05) is 0 Å². The number of halogens is 3. The van der Waals surface area contributed by atoms with Gasteiger partial charge in [-0.2, -0.15) is 18.2 Å². The molecule has 0 spiro atoms. The number of alkyl halides is 3. The van der Waals surface area contributed by atoms with Crippen molar-refractivity contribution in [1.82, 2.24) is 14.5 Å². The van der Waals surface area contributed by atoms with Gasteiger partial charge in [0.2, 0.25) is 5.82 Å². The summed E-state index contributed by atoms with van der Waals surface area (Å²) in [5.41, 5.74) is -1.13. The van der Waals surface area contributed by atoms with E-state index >= 15 is 0 Å². The molecule has 0 bridgehead atoms. The topological polar surface area (TPSA) is 80.1 Å². The summed E-state index contributed by atoms with van der Waals surface area (Å²) in [6.45, 7) is -0.373. The third-order valence-corrected chi connectivity index (χ3v) is 4.80. The van der Waals surface area contributed by atoms with Crippen molar-refractivity contribution in [2.45, 2.75) is 17.1 Å². The van der Waals surface area contributed by atoms with Gasteiger partial charge in [-0.05, 0) is 11.3 Å². The van der Waals surface area contributed by atoms with E-state index in [2.05, 4.69) is 9.97 Å². The lowest BCUT2D eigenvalue weighted by atomic mass is 10.4. The fraction of sp³-hybridized carbons (Fsp3) is 0.500. The number of aromatic nitrogens is 3. The van der Waals surface area contributed by atoms with E-state index < -0.39 is 28.7 Å². The summed E-state index contributed by atoms with van der Waals surface area (Å²) in [5.74, 6) is -1.31. The number of thiazole rings is 1. The summed E-state index contributed by atoms with van der Waals surface area (Å²) >= 11 is -0.781. The minimum Gasteiger partial charge on any atom is -0.610 e. The molecular formula is C10H10F3N3O3S2. The quantitative estimate of drug-likeness (QED) is 0.782. The Labute approximate surface area is 123 Å². The Bertz CT molecular complexity index is 711. The molecule has 2 aromatic rings. The number of hydrogen-bond acceptors (Lipinski definition) is 6. The zero-order valence-corrected chi connectivity index (χ0v) is 12.6. The number of nitrogens with zero attached hydrogens (tertiary/aromatic N) is 3. The molecule has 0 aliphatic carbocycles. The number of fused-ring (bicyclic) bond motifs is 1. The van der Waals surface area contributed by atoms with Gasteiger partial charge in [0.05, 0.1) is 13.2 Å². The lowest BCUT2D eigenvalue weighted by Crippen LogP contribution is -2.31. The molecule has 116 valence electrons. The van der Waals surface area contributed by atoms with E-state index in [-0.39, 0.29) is 27.8 Å². The van der Waals surface area contributed by atoms with Crippen LogP contribution >= 0.6 is 11.3 Å². The molecule has 0 aliphatic rings. The molecule has 11 heteroatoms. The van der Waals surface area contributed by atoms with Gasteiger partial charge in [-0.1, -0.05) is 0 Å². The average molecular weight is 341 g/mol. The summed E-state index contributed by atoms with van der Waals surface area (Å²) < 4.78 is 55.6. The highest BCUT2D eigenvalue weighted by Crippen LogP contribution is 2.30. The lowest BCUT2D eigenvalue weighted by molar-refractivity contribution is -0.148. The Morgan fingerprint density at radius 2 is 2.10 bits per heavy atom. The van der Waals surface area contributed by atoms with E-state index in [0.29, 0.717) is 15.9 Å². The molecule has 0 saturated heterocycles. The maximum absolute atomic E-state index is 13.0. The van der Waals surface area contributed by atoms with Crippen molar-refractivity contribution in [1.29, 1.82) is 0 Å². The Hall–Kier alpha value is -1.17. The Morgan fingerprint density at radius 1 is 1.43 bits per heavy atom. The predicted molar refractivity (Wildman–Crippen MR) is 70.9 cm³/mol. The molecule has 2 aromatic heterocycles. The first-order valence-electron chi connectivity index (χ1n) is 5.56. The van der Waals surface area contributed by atoms with E-state index in [9.17, 15) is 22.5 Å².